The van der Waals surface area contributed by atoms with Crippen molar-refractivity contribution in [2.45, 2.75) is 33.3 Å². The number of aryl methyl sites for hydroxylation is 2. The molecule has 164 valence electrons. The molecule has 4 rings (SSSR count). The van der Waals surface area contributed by atoms with Crippen molar-refractivity contribution in [3.05, 3.63) is 94.6 Å². The van der Waals surface area contributed by atoms with Gasteiger partial charge >= 0.3 is 5.97 Å². The van der Waals surface area contributed by atoms with Gasteiger partial charge in [0.1, 0.15) is 22.5 Å². The van der Waals surface area contributed by atoms with E-state index in [2.05, 4.69) is 47.8 Å². The molecule has 3 aromatic carbocycles. The van der Waals surface area contributed by atoms with Crippen molar-refractivity contribution in [3.8, 4) is 10.6 Å². The number of halogens is 1. The van der Waals surface area contributed by atoms with Crippen LogP contribution in [0, 0.1) is 19.7 Å². The molecule has 32 heavy (non-hydrogen) atoms. The average molecular weight is 450 g/mol. The lowest BCUT2D eigenvalue weighted by Crippen LogP contribution is -2.28. The molecule has 4 aromatic rings. The number of fused-ring (bicyclic) bond motifs is 1. The highest BCUT2D eigenvalue weighted by Crippen LogP contribution is 2.42. The van der Waals surface area contributed by atoms with Crippen molar-refractivity contribution in [2.75, 3.05) is 6.61 Å². The quantitative estimate of drug-likeness (QED) is 0.231. The summed E-state index contributed by atoms with van der Waals surface area (Å²) in [6.45, 7) is 7.23. The number of ether oxygens (including phenoxy) is 2. The predicted octanol–water partition coefficient (Wildman–Crippen LogP) is 7.19. The molecule has 0 bridgehead atoms. The van der Waals surface area contributed by atoms with Gasteiger partial charge in [-0.15, -0.1) is 0 Å². The Balaban J connectivity index is 1.48. The fourth-order valence-electron chi connectivity index (χ4n) is 3.87. The first-order valence-corrected chi connectivity index (χ1v) is 11.8. The van der Waals surface area contributed by atoms with E-state index in [0.29, 0.717) is 11.3 Å². The maximum Gasteiger partial charge on any atom is 0.345 e. The van der Waals surface area contributed by atoms with Gasteiger partial charge in [-0.2, -0.15) is 0 Å². The van der Waals surface area contributed by atoms with E-state index in [1.165, 1.54) is 27.1 Å². The zero-order valence-corrected chi connectivity index (χ0v) is 19.5. The second kappa shape index (κ2) is 8.75. The molecule has 1 atom stereocenters. The van der Waals surface area contributed by atoms with Gasteiger partial charge in [-0.05, 0) is 68.7 Å². The third-order valence-corrected chi connectivity index (χ3v) is 7.45. The molecule has 1 unspecified atom stereocenters. The molecule has 0 saturated carbocycles. The molecule has 0 amide bonds. The molecular weight excluding hydrogens is 423 g/mol. The third kappa shape index (κ3) is 4.53. The summed E-state index contributed by atoms with van der Waals surface area (Å²) in [7, 11) is -0.102. The molecule has 0 N–H and O–H groups in total. The first-order valence-electron chi connectivity index (χ1n) is 10.5. The number of carbonyl (C=O) groups is 1. The Labute approximate surface area is 190 Å². The van der Waals surface area contributed by atoms with Gasteiger partial charge in [0.15, 0.2) is 16.2 Å². The second-order valence-corrected chi connectivity index (χ2v) is 10.2. The van der Waals surface area contributed by atoms with E-state index in [0.717, 1.165) is 11.1 Å². The standard InChI is InChI=1S/C27H26FO3S/c1-18-14-23(32-13-12-20-8-5-6-11-24(20)32)15-19(2)26(18)30-17-25(29)31-27(3,4)21-9-7-10-22(28)16-21/h5-16H,17H2,1-4H3/q+1. The van der Waals surface area contributed by atoms with Crippen LogP contribution >= 0.6 is 10.5 Å². The monoisotopic (exact) mass is 449 g/mol. The van der Waals surface area contributed by atoms with E-state index in [1.54, 1.807) is 26.0 Å². The molecule has 0 aliphatic carbocycles. The van der Waals surface area contributed by atoms with Crippen molar-refractivity contribution in [2.24, 2.45) is 0 Å². The minimum Gasteiger partial charge on any atom is -0.481 e. The Bertz CT molecular complexity index is 1270. The third-order valence-electron chi connectivity index (χ3n) is 5.45. The van der Waals surface area contributed by atoms with E-state index in [4.69, 9.17) is 9.47 Å². The van der Waals surface area contributed by atoms with Crippen LogP contribution in [-0.2, 0) is 15.1 Å². The zero-order chi connectivity index (χ0) is 22.9. The molecule has 0 fully saturated rings. The van der Waals surface area contributed by atoms with E-state index in [-0.39, 0.29) is 22.9 Å². The maximum atomic E-state index is 13.6. The Morgan fingerprint density at radius 3 is 2.41 bits per heavy atom. The molecule has 1 aromatic heterocycles. The first-order chi connectivity index (χ1) is 15.2. The van der Waals surface area contributed by atoms with Crippen molar-refractivity contribution < 1.29 is 18.7 Å². The topological polar surface area (TPSA) is 35.5 Å². The smallest absolute Gasteiger partial charge is 0.345 e. The second-order valence-electron chi connectivity index (χ2n) is 8.35. The van der Waals surface area contributed by atoms with Crippen molar-refractivity contribution in [3.63, 3.8) is 0 Å². The Hall–Kier alpha value is -3.18. The van der Waals surface area contributed by atoms with Gasteiger partial charge in [0, 0.05) is 34.1 Å². The molecule has 1 heterocycles. The number of carbonyl (C=O) groups excluding carboxylic acids is 1. The average Bonchev–Trinajstić information content (AvgIpc) is 3.17. The molecule has 0 radical (unpaired) electrons. The van der Waals surface area contributed by atoms with Gasteiger partial charge in [0.2, 0.25) is 0 Å². The van der Waals surface area contributed by atoms with Crippen LogP contribution in [0.15, 0.2) is 72.1 Å². The van der Waals surface area contributed by atoms with Crippen LogP contribution in [0.3, 0.4) is 0 Å². The van der Waals surface area contributed by atoms with E-state index in [1.807, 2.05) is 13.8 Å². The number of rotatable bonds is 6. The molecule has 0 spiro atoms. The summed E-state index contributed by atoms with van der Waals surface area (Å²) in [5.41, 5.74) is 1.58. The summed E-state index contributed by atoms with van der Waals surface area (Å²) in [6, 6.07) is 20.9. The highest BCUT2D eigenvalue weighted by atomic mass is 32.2. The summed E-state index contributed by atoms with van der Waals surface area (Å²) < 4.78 is 26.3. The number of hydrogen-bond acceptors (Lipinski definition) is 3. The van der Waals surface area contributed by atoms with E-state index < -0.39 is 11.6 Å². The summed E-state index contributed by atoms with van der Waals surface area (Å²) in [4.78, 5) is 13.7. The lowest BCUT2D eigenvalue weighted by Gasteiger charge is -2.26. The van der Waals surface area contributed by atoms with Gasteiger partial charge in [-0.3, -0.25) is 0 Å². The number of benzene rings is 3. The normalized spacial score (nSPS) is 12.1. The molecule has 0 aliphatic rings. The SMILES string of the molecule is Cc1cc(-[s+]2ccc3ccccc32)cc(C)c1OCC(=O)OC(C)(C)c1cccc(F)c1. The Morgan fingerprint density at radius 1 is 0.969 bits per heavy atom. The van der Waals surface area contributed by atoms with Crippen LogP contribution < -0.4 is 4.74 Å². The van der Waals surface area contributed by atoms with Gasteiger partial charge in [-0.1, -0.05) is 24.3 Å². The van der Waals surface area contributed by atoms with Gasteiger partial charge < -0.3 is 9.47 Å². The summed E-state index contributed by atoms with van der Waals surface area (Å²) in [5, 5.41) is 3.50. The van der Waals surface area contributed by atoms with Crippen molar-refractivity contribution in [1.82, 2.24) is 0 Å². The van der Waals surface area contributed by atoms with E-state index >= 15 is 0 Å². The number of thiophene rings is 1. The lowest BCUT2D eigenvalue weighted by molar-refractivity contribution is -0.159. The van der Waals surface area contributed by atoms with E-state index in [9.17, 15) is 9.18 Å². The molecule has 5 heteroatoms. The fourth-order valence-corrected chi connectivity index (χ4v) is 5.93. The van der Waals surface area contributed by atoms with Gasteiger partial charge in [0.25, 0.3) is 0 Å². The number of esters is 1. The zero-order valence-electron chi connectivity index (χ0n) is 18.6. The Morgan fingerprint density at radius 2 is 1.69 bits per heavy atom. The van der Waals surface area contributed by atoms with Crippen LogP contribution in [0.5, 0.6) is 5.75 Å². The highest BCUT2D eigenvalue weighted by Gasteiger charge is 2.26. The van der Waals surface area contributed by atoms with Gasteiger partial charge in [-0.25, -0.2) is 9.18 Å². The molecule has 0 saturated heterocycles. The minimum atomic E-state index is -0.959. The highest BCUT2D eigenvalue weighted by molar-refractivity contribution is 7.43. The summed E-state index contributed by atoms with van der Waals surface area (Å²) in [6.07, 6.45) is 0. The molecular formula is C27H26FO3S+. The molecule has 0 aliphatic heterocycles. The van der Waals surface area contributed by atoms with Gasteiger partial charge in [0.05, 0.1) is 0 Å². The van der Waals surface area contributed by atoms with Crippen molar-refractivity contribution in [1.29, 1.82) is 0 Å². The summed E-state index contributed by atoms with van der Waals surface area (Å²) in [5.74, 6) is -0.180. The Kier molecular flexibility index (Phi) is 6.02. The number of hydrogen-bond donors (Lipinski definition) is 0. The van der Waals surface area contributed by atoms with Crippen LogP contribution in [0.1, 0.15) is 30.5 Å². The maximum absolute atomic E-state index is 13.6. The van der Waals surface area contributed by atoms with Crippen LogP contribution in [0.25, 0.3) is 15.0 Å². The van der Waals surface area contributed by atoms with Crippen LogP contribution in [0.4, 0.5) is 4.39 Å². The fraction of sp³-hybridized carbons (Fsp3) is 0.222. The van der Waals surface area contributed by atoms with Crippen LogP contribution in [-0.4, -0.2) is 12.6 Å². The largest absolute Gasteiger partial charge is 0.481 e. The predicted molar refractivity (Wildman–Crippen MR) is 128 cm³/mol. The lowest BCUT2D eigenvalue weighted by atomic mass is 9.98. The van der Waals surface area contributed by atoms with Crippen LogP contribution in [0.2, 0.25) is 0 Å². The minimum absolute atomic E-state index is 0.102. The van der Waals surface area contributed by atoms with Crippen molar-refractivity contribution >= 4 is 26.5 Å². The first kappa shape index (κ1) is 22.0. The molecule has 3 nitrogen and oxygen atoms in total. The summed E-state index contributed by atoms with van der Waals surface area (Å²) >= 11 is 0.